The van der Waals surface area contributed by atoms with Gasteiger partial charge < -0.3 is 25.3 Å². The number of rotatable bonds is 3. The summed E-state index contributed by atoms with van der Waals surface area (Å²) in [6, 6.07) is 10.2. The summed E-state index contributed by atoms with van der Waals surface area (Å²) in [6.45, 7) is 1.98. The van der Waals surface area contributed by atoms with Gasteiger partial charge in [0.15, 0.2) is 0 Å². The SMILES string of the molecule is Cc1oc([C@@H]2NC[C@@H](O)[C@H]2O)cc1C(=O)Nc1ccccc1. The lowest BCUT2D eigenvalue weighted by Crippen LogP contribution is -2.25. The van der Waals surface area contributed by atoms with Crippen LogP contribution < -0.4 is 10.6 Å². The highest BCUT2D eigenvalue weighted by Gasteiger charge is 2.36. The molecule has 0 unspecified atom stereocenters. The number of anilines is 1. The Morgan fingerprint density at radius 3 is 2.68 bits per heavy atom. The van der Waals surface area contributed by atoms with E-state index in [-0.39, 0.29) is 12.5 Å². The highest BCUT2D eigenvalue weighted by atomic mass is 16.4. The highest BCUT2D eigenvalue weighted by molar-refractivity contribution is 6.05. The van der Waals surface area contributed by atoms with Gasteiger partial charge in [0.1, 0.15) is 17.6 Å². The molecule has 0 bridgehead atoms. The number of para-hydroxylation sites is 1. The van der Waals surface area contributed by atoms with Gasteiger partial charge >= 0.3 is 0 Å². The van der Waals surface area contributed by atoms with Crippen molar-refractivity contribution in [3.63, 3.8) is 0 Å². The third kappa shape index (κ3) is 2.76. The lowest BCUT2D eigenvalue weighted by molar-refractivity contribution is 0.0368. The number of furan rings is 1. The van der Waals surface area contributed by atoms with Gasteiger partial charge in [0.2, 0.25) is 0 Å². The van der Waals surface area contributed by atoms with E-state index < -0.39 is 18.2 Å². The third-order valence-corrected chi connectivity index (χ3v) is 3.80. The molecule has 3 atom stereocenters. The van der Waals surface area contributed by atoms with E-state index in [2.05, 4.69) is 10.6 Å². The number of carbonyl (C=O) groups excluding carboxylic acids is 1. The minimum absolute atomic E-state index is 0.272. The number of nitrogens with one attached hydrogen (secondary N) is 2. The second-order valence-electron chi connectivity index (χ2n) is 5.38. The lowest BCUT2D eigenvalue weighted by atomic mass is 10.1. The Kier molecular flexibility index (Phi) is 3.98. The van der Waals surface area contributed by atoms with Gasteiger partial charge in [-0.1, -0.05) is 18.2 Å². The van der Waals surface area contributed by atoms with E-state index in [0.29, 0.717) is 22.8 Å². The Morgan fingerprint density at radius 1 is 1.32 bits per heavy atom. The summed E-state index contributed by atoms with van der Waals surface area (Å²) in [5.74, 6) is 0.644. The smallest absolute Gasteiger partial charge is 0.259 e. The molecule has 116 valence electrons. The van der Waals surface area contributed by atoms with Gasteiger partial charge in [-0.3, -0.25) is 4.79 Å². The number of amides is 1. The van der Waals surface area contributed by atoms with Crippen LogP contribution in [0.5, 0.6) is 0 Å². The molecule has 1 fully saturated rings. The van der Waals surface area contributed by atoms with E-state index in [4.69, 9.17) is 4.42 Å². The topological polar surface area (TPSA) is 94.7 Å². The first-order chi connectivity index (χ1) is 10.6. The summed E-state index contributed by atoms with van der Waals surface area (Å²) < 4.78 is 5.58. The number of carbonyl (C=O) groups is 1. The zero-order valence-corrected chi connectivity index (χ0v) is 12.1. The van der Waals surface area contributed by atoms with E-state index in [1.54, 1.807) is 25.1 Å². The molecule has 3 rings (SSSR count). The van der Waals surface area contributed by atoms with Crippen LogP contribution in [0, 0.1) is 6.92 Å². The molecule has 0 aliphatic carbocycles. The third-order valence-electron chi connectivity index (χ3n) is 3.80. The van der Waals surface area contributed by atoms with Gasteiger partial charge in [-0.05, 0) is 25.1 Å². The summed E-state index contributed by atoms with van der Waals surface area (Å²) in [5.41, 5.74) is 1.11. The molecular formula is C16H18N2O4. The van der Waals surface area contributed by atoms with E-state index in [9.17, 15) is 15.0 Å². The van der Waals surface area contributed by atoms with Gasteiger partial charge in [-0.25, -0.2) is 0 Å². The first-order valence-corrected chi connectivity index (χ1v) is 7.12. The fourth-order valence-corrected chi connectivity index (χ4v) is 2.58. The number of benzene rings is 1. The van der Waals surface area contributed by atoms with Crippen molar-refractivity contribution < 1.29 is 19.4 Å². The summed E-state index contributed by atoms with van der Waals surface area (Å²) in [5, 5.41) is 25.3. The van der Waals surface area contributed by atoms with Crippen LogP contribution in [-0.2, 0) is 0 Å². The monoisotopic (exact) mass is 302 g/mol. The average molecular weight is 302 g/mol. The maximum absolute atomic E-state index is 12.3. The molecule has 0 radical (unpaired) electrons. The number of aliphatic hydroxyl groups is 2. The quantitative estimate of drug-likeness (QED) is 0.683. The first-order valence-electron chi connectivity index (χ1n) is 7.12. The zero-order valence-electron chi connectivity index (χ0n) is 12.1. The molecule has 2 aromatic rings. The van der Waals surface area contributed by atoms with Gasteiger partial charge in [0, 0.05) is 12.2 Å². The maximum atomic E-state index is 12.3. The van der Waals surface area contributed by atoms with Crippen LogP contribution in [0.1, 0.15) is 27.9 Å². The fraction of sp³-hybridized carbons (Fsp3) is 0.312. The number of aryl methyl sites for hydroxylation is 1. The van der Waals surface area contributed by atoms with Crippen molar-refractivity contribution in [2.75, 3.05) is 11.9 Å². The van der Waals surface area contributed by atoms with Crippen LogP contribution in [0.3, 0.4) is 0 Å². The zero-order chi connectivity index (χ0) is 15.7. The summed E-state index contributed by atoms with van der Waals surface area (Å²) in [4.78, 5) is 12.3. The Balaban J connectivity index is 1.79. The molecule has 22 heavy (non-hydrogen) atoms. The molecule has 6 heteroatoms. The average Bonchev–Trinajstić information content (AvgIpc) is 3.04. The summed E-state index contributed by atoms with van der Waals surface area (Å²) in [6.07, 6.45) is -1.78. The van der Waals surface area contributed by atoms with E-state index in [1.807, 2.05) is 18.2 Å². The van der Waals surface area contributed by atoms with Crippen LogP contribution in [0.4, 0.5) is 5.69 Å². The molecule has 2 heterocycles. The highest BCUT2D eigenvalue weighted by Crippen LogP contribution is 2.28. The molecule has 1 amide bonds. The predicted molar refractivity (Wildman–Crippen MR) is 80.6 cm³/mol. The Labute approximate surface area is 127 Å². The second-order valence-corrected chi connectivity index (χ2v) is 5.38. The van der Waals surface area contributed by atoms with Crippen molar-refractivity contribution in [1.82, 2.24) is 5.32 Å². The van der Waals surface area contributed by atoms with Gasteiger partial charge in [-0.2, -0.15) is 0 Å². The number of β-amino-alcohol motifs (C(OH)–C–C–N with tert-alkyl or cyclic N) is 1. The van der Waals surface area contributed by atoms with E-state index >= 15 is 0 Å². The van der Waals surface area contributed by atoms with Crippen LogP contribution in [0.25, 0.3) is 0 Å². The van der Waals surface area contributed by atoms with Gasteiger partial charge in [-0.15, -0.1) is 0 Å². The lowest BCUT2D eigenvalue weighted by Gasteiger charge is -2.12. The van der Waals surface area contributed by atoms with Crippen molar-refractivity contribution in [3.05, 3.63) is 53.5 Å². The minimum atomic E-state index is -0.949. The fourth-order valence-electron chi connectivity index (χ4n) is 2.58. The Bertz CT molecular complexity index is 668. The predicted octanol–water partition coefficient (Wildman–Crippen LogP) is 1.21. The van der Waals surface area contributed by atoms with E-state index in [0.717, 1.165) is 0 Å². The van der Waals surface area contributed by atoms with Crippen LogP contribution >= 0.6 is 0 Å². The van der Waals surface area contributed by atoms with Crippen LogP contribution in [0.2, 0.25) is 0 Å². The molecule has 1 aliphatic heterocycles. The molecular weight excluding hydrogens is 284 g/mol. The largest absolute Gasteiger partial charge is 0.464 e. The van der Waals surface area contributed by atoms with Crippen LogP contribution in [0.15, 0.2) is 40.8 Å². The Hall–Kier alpha value is -2.15. The molecule has 4 N–H and O–H groups in total. The molecule has 6 nitrogen and oxygen atoms in total. The van der Waals surface area contributed by atoms with Gasteiger partial charge in [0.05, 0.1) is 17.7 Å². The summed E-state index contributed by atoms with van der Waals surface area (Å²) >= 11 is 0. The van der Waals surface area contributed by atoms with Crippen molar-refractivity contribution in [2.24, 2.45) is 0 Å². The molecule has 0 spiro atoms. The molecule has 1 aromatic heterocycles. The molecule has 1 saturated heterocycles. The van der Waals surface area contributed by atoms with Crippen LogP contribution in [-0.4, -0.2) is 34.9 Å². The first kappa shape index (κ1) is 14.8. The normalized spacial score (nSPS) is 24.4. The van der Waals surface area contributed by atoms with E-state index in [1.165, 1.54) is 0 Å². The maximum Gasteiger partial charge on any atom is 0.259 e. The Morgan fingerprint density at radius 2 is 2.05 bits per heavy atom. The van der Waals surface area contributed by atoms with Crippen molar-refractivity contribution in [2.45, 2.75) is 25.2 Å². The molecule has 1 aliphatic rings. The molecule has 1 aromatic carbocycles. The van der Waals surface area contributed by atoms with Crippen molar-refractivity contribution >= 4 is 11.6 Å². The van der Waals surface area contributed by atoms with Crippen molar-refractivity contribution in [1.29, 1.82) is 0 Å². The number of hydrogen-bond acceptors (Lipinski definition) is 5. The number of aliphatic hydroxyl groups excluding tert-OH is 2. The number of hydrogen-bond donors (Lipinski definition) is 4. The van der Waals surface area contributed by atoms with Crippen molar-refractivity contribution in [3.8, 4) is 0 Å². The minimum Gasteiger partial charge on any atom is -0.464 e. The second kappa shape index (κ2) is 5.92. The summed E-state index contributed by atoms with van der Waals surface area (Å²) in [7, 11) is 0. The molecule has 0 saturated carbocycles. The standard InChI is InChI=1S/C16H18N2O4/c1-9-11(16(21)18-10-5-3-2-4-6-10)7-13(22-9)14-15(20)12(19)8-17-14/h2-7,12,14-15,17,19-20H,8H2,1H3,(H,18,21)/t12-,14+,15-/m1/s1. The van der Waals surface area contributed by atoms with Gasteiger partial charge in [0.25, 0.3) is 5.91 Å².